The van der Waals surface area contributed by atoms with Crippen LogP contribution < -0.4 is 0 Å². The topological polar surface area (TPSA) is 35.5 Å². The lowest BCUT2D eigenvalue weighted by Crippen LogP contribution is -2.40. The lowest BCUT2D eigenvalue weighted by Gasteiger charge is -2.36. The second-order valence-electron chi connectivity index (χ2n) is 6.00. The zero-order valence-electron chi connectivity index (χ0n) is 12.7. The molecule has 0 N–H and O–H groups in total. The SMILES string of the molecule is COC(=O)C/C=C/CCCO[Si](C)(C)C(C)(C)C. The molecule has 0 rings (SSSR count). The monoisotopic (exact) mass is 272 g/mol. The van der Waals surface area contributed by atoms with Gasteiger partial charge in [-0.15, -0.1) is 0 Å². The van der Waals surface area contributed by atoms with Crippen LogP contribution in [0, 0.1) is 0 Å². The van der Waals surface area contributed by atoms with Gasteiger partial charge < -0.3 is 9.16 Å². The van der Waals surface area contributed by atoms with Crippen molar-refractivity contribution in [3.05, 3.63) is 12.2 Å². The van der Waals surface area contributed by atoms with Gasteiger partial charge in [-0.1, -0.05) is 32.9 Å². The Bertz CT molecular complexity index is 277. The number of rotatable bonds is 7. The number of carbonyl (C=O) groups excluding carboxylic acids is 1. The first-order chi connectivity index (χ1) is 8.20. The summed E-state index contributed by atoms with van der Waals surface area (Å²) in [6.45, 7) is 12.1. The molecule has 0 spiro atoms. The molecule has 0 amide bonds. The van der Waals surface area contributed by atoms with Crippen LogP contribution in [-0.2, 0) is 14.0 Å². The first-order valence-electron chi connectivity index (χ1n) is 6.56. The predicted molar refractivity (Wildman–Crippen MR) is 78.2 cm³/mol. The van der Waals surface area contributed by atoms with Gasteiger partial charge in [-0.05, 0) is 31.0 Å². The van der Waals surface area contributed by atoms with Crippen LogP contribution in [0.3, 0.4) is 0 Å². The van der Waals surface area contributed by atoms with Crippen molar-refractivity contribution in [2.45, 2.75) is 58.2 Å². The highest BCUT2D eigenvalue weighted by molar-refractivity contribution is 6.74. The van der Waals surface area contributed by atoms with Crippen molar-refractivity contribution >= 4 is 14.3 Å². The fourth-order valence-electron chi connectivity index (χ4n) is 1.13. The van der Waals surface area contributed by atoms with Crippen molar-refractivity contribution in [1.29, 1.82) is 0 Å². The third-order valence-corrected chi connectivity index (χ3v) is 8.00. The Morgan fingerprint density at radius 1 is 1.22 bits per heavy atom. The molecular weight excluding hydrogens is 244 g/mol. The average Bonchev–Trinajstić information content (AvgIpc) is 2.25. The smallest absolute Gasteiger partial charge is 0.309 e. The number of unbranched alkanes of at least 4 members (excludes halogenated alkanes) is 1. The predicted octanol–water partition coefficient (Wildman–Crippen LogP) is 3.91. The Balaban J connectivity index is 3.72. The molecule has 106 valence electrons. The van der Waals surface area contributed by atoms with Crippen LogP contribution in [0.15, 0.2) is 12.2 Å². The van der Waals surface area contributed by atoms with E-state index in [1.165, 1.54) is 7.11 Å². The molecular formula is C14H28O3Si. The Labute approximate surface area is 113 Å². The molecule has 0 saturated carbocycles. The summed E-state index contributed by atoms with van der Waals surface area (Å²) < 4.78 is 10.6. The van der Waals surface area contributed by atoms with Crippen LogP contribution in [0.25, 0.3) is 0 Å². The molecule has 0 saturated heterocycles. The first-order valence-corrected chi connectivity index (χ1v) is 9.47. The van der Waals surface area contributed by atoms with Crippen molar-refractivity contribution in [3.8, 4) is 0 Å². The second-order valence-corrected chi connectivity index (χ2v) is 10.8. The van der Waals surface area contributed by atoms with E-state index in [2.05, 4.69) is 38.6 Å². The van der Waals surface area contributed by atoms with Crippen LogP contribution in [-0.4, -0.2) is 28.0 Å². The van der Waals surface area contributed by atoms with Crippen molar-refractivity contribution in [1.82, 2.24) is 0 Å². The number of allylic oxidation sites excluding steroid dienone is 1. The molecule has 0 fully saturated rings. The van der Waals surface area contributed by atoms with Crippen LogP contribution in [0.2, 0.25) is 18.1 Å². The largest absolute Gasteiger partial charge is 0.469 e. The average molecular weight is 272 g/mol. The van der Waals surface area contributed by atoms with Crippen molar-refractivity contribution < 1.29 is 14.0 Å². The van der Waals surface area contributed by atoms with Gasteiger partial charge in [0.1, 0.15) is 0 Å². The summed E-state index contributed by atoms with van der Waals surface area (Å²) >= 11 is 0. The minimum absolute atomic E-state index is 0.191. The van der Waals surface area contributed by atoms with Gasteiger partial charge in [-0.3, -0.25) is 4.79 Å². The summed E-state index contributed by atoms with van der Waals surface area (Å²) in [6.07, 6.45) is 6.19. The zero-order chi connectivity index (χ0) is 14.2. The van der Waals surface area contributed by atoms with Crippen molar-refractivity contribution in [2.75, 3.05) is 13.7 Å². The van der Waals surface area contributed by atoms with Gasteiger partial charge in [0.15, 0.2) is 8.32 Å². The van der Waals surface area contributed by atoms with Crippen LogP contribution in [0.4, 0.5) is 0 Å². The highest BCUT2D eigenvalue weighted by atomic mass is 28.4. The number of hydrogen-bond donors (Lipinski definition) is 0. The molecule has 0 aromatic rings. The van der Waals surface area contributed by atoms with E-state index in [0.29, 0.717) is 6.42 Å². The highest BCUT2D eigenvalue weighted by Gasteiger charge is 2.36. The molecule has 0 unspecified atom stereocenters. The second kappa shape index (κ2) is 7.74. The van der Waals surface area contributed by atoms with Crippen LogP contribution >= 0.6 is 0 Å². The zero-order valence-corrected chi connectivity index (χ0v) is 13.7. The quantitative estimate of drug-likeness (QED) is 0.305. The summed E-state index contributed by atoms with van der Waals surface area (Å²) in [6, 6.07) is 0. The maximum atomic E-state index is 10.8. The van der Waals surface area contributed by atoms with Gasteiger partial charge in [-0.2, -0.15) is 0 Å². The lowest BCUT2D eigenvalue weighted by atomic mass is 10.2. The molecule has 0 aliphatic heterocycles. The van der Waals surface area contributed by atoms with Gasteiger partial charge in [-0.25, -0.2) is 0 Å². The fraction of sp³-hybridized carbons (Fsp3) is 0.786. The maximum Gasteiger partial charge on any atom is 0.309 e. The summed E-state index contributed by atoms with van der Waals surface area (Å²) in [7, 11) is -0.189. The van der Waals surface area contributed by atoms with E-state index in [0.717, 1.165) is 19.4 Å². The highest BCUT2D eigenvalue weighted by Crippen LogP contribution is 2.36. The fourth-order valence-corrected chi connectivity index (χ4v) is 2.21. The minimum Gasteiger partial charge on any atom is -0.469 e. The van der Waals surface area contributed by atoms with E-state index in [1.807, 2.05) is 12.2 Å². The number of hydrogen-bond acceptors (Lipinski definition) is 3. The molecule has 0 heterocycles. The van der Waals surface area contributed by atoms with E-state index < -0.39 is 8.32 Å². The molecule has 3 nitrogen and oxygen atoms in total. The van der Waals surface area contributed by atoms with E-state index >= 15 is 0 Å². The van der Waals surface area contributed by atoms with Gasteiger partial charge in [0.2, 0.25) is 0 Å². The number of carbonyl (C=O) groups is 1. The van der Waals surface area contributed by atoms with Gasteiger partial charge >= 0.3 is 5.97 Å². The van der Waals surface area contributed by atoms with E-state index in [-0.39, 0.29) is 11.0 Å². The number of esters is 1. The summed E-state index contributed by atoms with van der Waals surface area (Å²) in [5.74, 6) is -0.191. The number of methoxy groups -OCH3 is 1. The van der Waals surface area contributed by atoms with Crippen LogP contribution in [0.1, 0.15) is 40.0 Å². The van der Waals surface area contributed by atoms with Gasteiger partial charge in [0, 0.05) is 6.61 Å². The normalized spacial score (nSPS) is 13.0. The molecule has 0 atom stereocenters. The van der Waals surface area contributed by atoms with E-state index in [1.54, 1.807) is 0 Å². The third-order valence-electron chi connectivity index (χ3n) is 3.46. The molecule has 0 aromatic carbocycles. The van der Waals surface area contributed by atoms with E-state index in [4.69, 9.17) is 4.43 Å². The third kappa shape index (κ3) is 6.96. The van der Waals surface area contributed by atoms with Crippen LogP contribution in [0.5, 0.6) is 0 Å². The molecule has 0 radical (unpaired) electrons. The lowest BCUT2D eigenvalue weighted by molar-refractivity contribution is -0.139. The molecule has 0 aromatic heterocycles. The van der Waals surface area contributed by atoms with Crippen molar-refractivity contribution in [3.63, 3.8) is 0 Å². The summed E-state index contributed by atoms with van der Waals surface area (Å²) in [4.78, 5) is 10.8. The van der Waals surface area contributed by atoms with Gasteiger partial charge in [0.05, 0.1) is 13.5 Å². The molecule has 4 heteroatoms. The molecule has 0 aliphatic rings. The van der Waals surface area contributed by atoms with Crippen molar-refractivity contribution in [2.24, 2.45) is 0 Å². The Kier molecular flexibility index (Phi) is 7.48. The van der Waals surface area contributed by atoms with E-state index in [9.17, 15) is 4.79 Å². The Morgan fingerprint density at radius 3 is 2.33 bits per heavy atom. The molecule has 18 heavy (non-hydrogen) atoms. The first kappa shape index (κ1) is 17.4. The standard InChI is InChI=1S/C14H28O3Si/c1-14(2,3)18(5,6)17-12-10-8-7-9-11-13(15)16-4/h7,9H,8,10-12H2,1-6H3/b9-7+. The maximum absolute atomic E-state index is 10.8. The Morgan fingerprint density at radius 2 is 1.83 bits per heavy atom. The molecule has 0 bridgehead atoms. The summed E-state index contributed by atoms with van der Waals surface area (Å²) in [5.41, 5.74) is 0. The Hall–Kier alpha value is -0.613. The molecule has 0 aliphatic carbocycles. The van der Waals surface area contributed by atoms with Gasteiger partial charge in [0.25, 0.3) is 0 Å². The number of ether oxygens (including phenoxy) is 1. The minimum atomic E-state index is -1.60. The summed E-state index contributed by atoms with van der Waals surface area (Å²) in [5, 5.41) is 0.272.